The van der Waals surface area contributed by atoms with Crippen LogP contribution in [0.3, 0.4) is 0 Å². The Morgan fingerprint density at radius 2 is 2.25 bits per heavy atom. The second-order valence-corrected chi connectivity index (χ2v) is 2.23. The molecule has 56 valence electrons. The van der Waals surface area contributed by atoms with Gasteiger partial charge in [-0.3, -0.25) is 0 Å². The summed E-state index contributed by atoms with van der Waals surface area (Å²) in [5.74, 6) is 2.47. The molecule has 0 amide bonds. The van der Waals surface area contributed by atoms with Gasteiger partial charge in [0, 0.05) is 5.56 Å². The van der Waals surface area contributed by atoms with Crippen LogP contribution in [0.2, 0.25) is 0 Å². The fourth-order valence-corrected chi connectivity index (χ4v) is 0.995. The average Bonchev–Trinajstić information content (AvgIpc) is 2.16. The molecule has 1 aromatic rings. The normalized spacial score (nSPS) is 8.17. The Hall–Kier alpha value is -1.99. The quantitative estimate of drug-likeness (QED) is 0.567. The molecule has 1 heteroatoms. The van der Waals surface area contributed by atoms with Crippen LogP contribution in [0, 0.1) is 23.7 Å². The summed E-state index contributed by atoms with van der Waals surface area (Å²) in [4.78, 5) is 0. The van der Waals surface area contributed by atoms with Gasteiger partial charge in [0.2, 0.25) is 0 Å². The summed E-state index contributed by atoms with van der Waals surface area (Å²) < 4.78 is 0. The van der Waals surface area contributed by atoms with E-state index in [0.29, 0.717) is 11.1 Å². The molecule has 0 N–H and O–H groups in total. The first-order chi connectivity index (χ1) is 5.83. The van der Waals surface area contributed by atoms with E-state index in [1.54, 1.807) is 18.2 Å². The van der Waals surface area contributed by atoms with E-state index in [1.807, 2.05) is 12.1 Å². The van der Waals surface area contributed by atoms with Crippen molar-refractivity contribution in [2.24, 2.45) is 0 Å². The first-order valence-electron chi connectivity index (χ1n) is 3.45. The number of benzene rings is 1. The highest BCUT2D eigenvalue weighted by atomic mass is 14.2. The Labute approximate surface area is 72.0 Å². The largest absolute Gasteiger partial charge is 0.192 e. The third kappa shape index (κ3) is 1.21. The number of rotatable bonds is 1. The number of terminal acetylenes is 1. The van der Waals surface area contributed by atoms with Gasteiger partial charge in [0.05, 0.1) is 5.56 Å². The molecule has 0 atom stereocenters. The van der Waals surface area contributed by atoms with E-state index in [1.165, 1.54) is 0 Å². The van der Waals surface area contributed by atoms with Gasteiger partial charge in [0.15, 0.2) is 0 Å². The lowest BCUT2D eigenvalue weighted by molar-refractivity contribution is 1.46. The Morgan fingerprint density at radius 3 is 2.75 bits per heavy atom. The molecular formula is C11H7N. The van der Waals surface area contributed by atoms with Gasteiger partial charge in [-0.15, -0.1) is 6.42 Å². The number of nitriles is 1. The maximum absolute atomic E-state index is 8.69. The molecule has 0 unspecified atom stereocenters. The highest BCUT2D eigenvalue weighted by Crippen LogP contribution is 2.13. The van der Waals surface area contributed by atoms with E-state index in [0.717, 1.165) is 5.56 Å². The Kier molecular flexibility index (Phi) is 2.31. The van der Waals surface area contributed by atoms with E-state index in [9.17, 15) is 0 Å². The maximum Gasteiger partial charge on any atom is 0.100 e. The summed E-state index contributed by atoms with van der Waals surface area (Å²) in [5, 5.41) is 8.69. The summed E-state index contributed by atoms with van der Waals surface area (Å²) in [6.07, 6.45) is 6.90. The molecule has 0 saturated carbocycles. The van der Waals surface area contributed by atoms with E-state index in [2.05, 4.69) is 12.5 Å². The third-order valence-corrected chi connectivity index (χ3v) is 1.58. The molecule has 1 aromatic carbocycles. The van der Waals surface area contributed by atoms with Crippen molar-refractivity contribution < 1.29 is 0 Å². The topological polar surface area (TPSA) is 23.8 Å². The Balaban J connectivity index is 3.47. The van der Waals surface area contributed by atoms with Crippen molar-refractivity contribution >= 4 is 6.08 Å². The predicted molar refractivity (Wildman–Crippen MR) is 49.2 cm³/mol. The molecule has 0 heterocycles. The van der Waals surface area contributed by atoms with Gasteiger partial charge in [-0.2, -0.15) is 5.26 Å². The summed E-state index contributed by atoms with van der Waals surface area (Å²) >= 11 is 0. The molecule has 0 saturated heterocycles. The third-order valence-electron chi connectivity index (χ3n) is 1.58. The lowest BCUT2D eigenvalue weighted by atomic mass is 10.0. The van der Waals surface area contributed by atoms with Crippen molar-refractivity contribution in [3.8, 4) is 18.4 Å². The zero-order valence-corrected chi connectivity index (χ0v) is 6.54. The van der Waals surface area contributed by atoms with Crippen molar-refractivity contribution in [2.75, 3.05) is 0 Å². The Bertz CT molecular complexity index is 388. The van der Waals surface area contributed by atoms with Gasteiger partial charge in [0.1, 0.15) is 6.07 Å². The molecule has 0 aliphatic rings. The molecule has 0 fully saturated rings. The van der Waals surface area contributed by atoms with Crippen LogP contribution in [0.15, 0.2) is 24.8 Å². The smallest absolute Gasteiger partial charge is 0.100 e. The van der Waals surface area contributed by atoms with Gasteiger partial charge >= 0.3 is 0 Å². The summed E-state index contributed by atoms with van der Waals surface area (Å²) in [6.45, 7) is 3.61. The average molecular weight is 153 g/mol. The maximum atomic E-state index is 8.69. The van der Waals surface area contributed by atoms with Crippen LogP contribution in [0.5, 0.6) is 0 Å². The van der Waals surface area contributed by atoms with E-state index < -0.39 is 0 Å². The SMILES string of the molecule is C#Cc1c(C#N)cccc1C=C. The number of hydrogen-bond donors (Lipinski definition) is 0. The van der Waals surface area contributed by atoms with Crippen LogP contribution < -0.4 is 0 Å². The summed E-state index contributed by atoms with van der Waals surface area (Å²) in [7, 11) is 0. The molecule has 12 heavy (non-hydrogen) atoms. The van der Waals surface area contributed by atoms with Crippen molar-refractivity contribution in [3.63, 3.8) is 0 Å². The van der Waals surface area contributed by atoms with Crippen molar-refractivity contribution in [1.29, 1.82) is 5.26 Å². The first-order valence-corrected chi connectivity index (χ1v) is 3.45. The summed E-state index contributed by atoms with van der Waals surface area (Å²) in [6, 6.07) is 7.35. The number of hydrogen-bond acceptors (Lipinski definition) is 1. The lowest BCUT2D eigenvalue weighted by Crippen LogP contribution is -1.86. The molecule has 0 spiro atoms. The van der Waals surface area contributed by atoms with E-state index in [4.69, 9.17) is 11.7 Å². The monoisotopic (exact) mass is 153 g/mol. The van der Waals surface area contributed by atoms with Gasteiger partial charge in [-0.05, 0) is 11.6 Å². The van der Waals surface area contributed by atoms with Gasteiger partial charge in [-0.1, -0.05) is 30.7 Å². The Morgan fingerprint density at radius 1 is 1.50 bits per heavy atom. The summed E-state index contributed by atoms with van der Waals surface area (Å²) in [5.41, 5.74) is 1.97. The minimum absolute atomic E-state index is 0.523. The molecular weight excluding hydrogens is 146 g/mol. The molecule has 0 radical (unpaired) electrons. The van der Waals surface area contributed by atoms with Gasteiger partial charge in [0.25, 0.3) is 0 Å². The molecule has 0 aliphatic carbocycles. The molecule has 0 aliphatic heterocycles. The zero-order chi connectivity index (χ0) is 8.97. The van der Waals surface area contributed by atoms with Gasteiger partial charge < -0.3 is 0 Å². The highest BCUT2D eigenvalue weighted by molar-refractivity contribution is 5.62. The zero-order valence-electron chi connectivity index (χ0n) is 6.54. The van der Waals surface area contributed by atoms with Crippen LogP contribution in [-0.2, 0) is 0 Å². The van der Waals surface area contributed by atoms with Crippen LogP contribution >= 0.6 is 0 Å². The van der Waals surface area contributed by atoms with Gasteiger partial charge in [-0.25, -0.2) is 0 Å². The van der Waals surface area contributed by atoms with Crippen LogP contribution in [0.1, 0.15) is 16.7 Å². The van der Waals surface area contributed by atoms with Crippen LogP contribution in [-0.4, -0.2) is 0 Å². The van der Waals surface area contributed by atoms with Crippen molar-refractivity contribution in [3.05, 3.63) is 41.5 Å². The van der Waals surface area contributed by atoms with Crippen LogP contribution in [0.4, 0.5) is 0 Å². The molecule has 1 rings (SSSR count). The minimum atomic E-state index is 0.523. The minimum Gasteiger partial charge on any atom is -0.192 e. The standard InChI is InChI=1S/C11H7N/c1-3-9-6-5-7-10(8-12)11(9)4-2/h2-3,5-7H,1H2. The van der Waals surface area contributed by atoms with Crippen molar-refractivity contribution in [1.82, 2.24) is 0 Å². The molecule has 0 bridgehead atoms. The predicted octanol–water partition coefficient (Wildman–Crippen LogP) is 2.18. The second kappa shape index (κ2) is 3.42. The van der Waals surface area contributed by atoms with Crippen LogP contribution in [0.25, 0.3) is 6.08 Å². The van der Waals surface area contributed by atoms with E-state index in [-0.39, 0.29) is 0 Å². The first kappa shape index (κ1) is 8.11. The highest BCUT2D eigenvalue weighted by Gasteiger charge is 2.01. The van der Waals surface area contributed by atoms with E-state index >= 15 is 0 Å². The molecule has 0 aromatic heterocycles. The second-order valence-electron chi connectivity index (χ2n) is 2.23. The molecule has 1 nitrogen and oxygen atoms in total. The lowest BCUT2D eigenvalue weighted by Gasteiger charge is -1.99. The van der Waals surface area contributed by atoms with Crippen molar-refractivity contribution in [2.45, 2.75) is 0 Å². The fraction of sp³-hybridized carbons (Fsp3) is 0. The number of nitrogens with zero attached hydrogens (tertiary/aromatic N) is 1. The fourth-order valence-electron chi connectivity index (χ4n) is 0.995.